The lowest BCUT2D eigenvalue weighted by Gasteiger charge is -2.15. The molecule has 1 amide bonds. The quantitative estimate of drug-likeness (QED) is 0.352. The fourth-order valence-corrected chi connectivity index (χ4v) is 1.41. The first-order chi connectivity index (χ1) is 9.49. The van der Waals surface area contributed by atoms with Gasteiger partial charge in [-0.25, -0.2) is 0 Å². The van der Waals surface area contributed by atoms with E-state index in [-0.39, 0.29) is 22.9 Å². The van der Waals surface area contributed by atoms with Crippen LogP contribution in [0.5, 0.6) is 5.75 Å². The monoisotopic (exact) mass is 278 g/mol. The summed E-state index contributed by atoms with van der Waals surface area (Å²) in [7, 11) is 0. The van der Waals surface area contributed by atoms with Gasteiger partial charge in [-0.15, -0.1) is 6.58 Å². The van der Waals surface area contributed by atoms with Crippen LogP contribution in [0.2, 0.25) is 0 Å². The molecule has 1 rings (SSSR count). The number of nitro groups is 1. The maximum absolute atomic E-state index is 11.6. The molecule has 1 atom stereocenters. The van der Waals surface area contributed by atoms with E-state index in [1.54, 1.807) is 0 Å². The predicted octanol–water partition coefficient (Wildman–Crippen LogP) is 1.48. The van der Waals surface area contributed by atoms with Gasteiger partial charge in [0.25, 0.3) is 11.6 Å². The molecule has 0 aliphatic rings. The van der Waals surface area contributed by atoms with Gasteiger partial charge in [-0.1, -0.05) is 6.08 Å². The van der Waals surface area contributed by atoms with Gasteiger partial charge in [0.05, 0.1) is 10.5 Å². The van der Waals surface area contributed by atoms with E-state index in [0.29, 0.717) is 12.8 Å². The molecule has 1 N–H and O–H groups in total. The summed E-state index contributed by atoms with van der Waals surface area (Å²) < 4.78 is 5.33. The van der Waals surface area contributed by atoms with Gasteiger partial charge in [0.2, 0.25) is 0 Å². The van der Waals surface area contributed by atoms with Crippen molar-refractivity contribution in [1.82, 2.24) is 5.32 Å². The van der Waals surface area contributed by atoms with Crippen LogP contribution in [-0.4, -0.2) is 29.8 Å². The number of nitrogens with zero attached hydrogens (tertiary/aromatic N) is 1. The van der Waals surface area contributed by atoms with Crippen molar-refractivity contribution < 1.29 is 19.2 Å². The largest absolute Gasteiger partial charge is 0.480 e. The number of hydrogen-bond acceptors (Lipinski definition) is 5. The van der Waals surface area contributed by atoms with Gasteiger partial charge in [0.1, 0.15) is 5.75 Å². The van der Waals surface area contributed by atoms with Crippen molar-refractivity contribution in [3.63, 3.8) is 0 Å². The van der Waals surface area contributed by atoms with Crippen LogP contribution in [0.4, 0.5) is 5.69 Å². The molecule has 7 heteroatoms. The second-order valence-electron chi connectivity index (χ2n) is 3.89. The normalized spacial score (nSPS) is 11.2. The Morgan fingerprint density at radius 2 is 2.30 bits per heavy atom. The lowest BCUT2D eigenvalue weighted by Crippen LogP contribution is -2.36. The van der Waals surface area contributed by atoms with Gasteiger partial charge in [-0.05, 0) is 13.0 Å². The zero-order valence-electron chi connectivity index (χ0n) is 10.9. The van der Waals surface area contributed by atoms with Gasteiger partial charge in [-0.3, -0.25) is 19.7 Å². The molecule has 0 radical (unpaired) electrons. The molecule has 0 aromatic heterocycles. The fourth-order valence-electron chi connectivity index (χ4n) is 1.41. The Labute approximate surface area is 115 Å². The third-order valence-corrected chi connectivity index (χ3v) is 2.42. The van der Waals surface area contributed by atoms with Crippen molar-refractivity contribution in [3.05, 3.63) is 46.5 Å². The van der Waals surface area contributed by atoms with Crippen molar-refractivity contribution in [3.8, 4) is 5.75 Å². The van der Waals surface area contributed by atoms with E-state index in [4.69, 9.17) is 4.74 Å². The molecular formula is C13H14N2O5. The molecule has 106 valence electrons. The Balaban J connectivity index is 2.86. The van der Waals surface area contributed by atoms with E-state index < -0.39 is 11.0 Å². The molecule has 0 saturated heterocycles. The predicted molar refractivity (Wildman–Crippen MR) is 71.8 cm³/mol. The fraction of sp³-hybridized carbons (Fsp3) is 0.231. The number of benzene rings is 1. The van der Waals surface area contributed by atoms with Crippen molar-refractivity contribution >= 4 is 17.9 Å². The maximum Gasteiger partial charge on any atom is 0.270 e. The minimum Gasteiger partial charge on any atom is -0.480 e. The molecule has 0 heterocycles. The average Bonchev–Trinajstić information content (AvgIpc) is 2.44. The van der Waals surface area contributed by atoms with E-state index in [9.17, 15) is 19.7 Å². The molecule has 1 aromatic rings. The van der Waals surface area contributed by atoms with Crippen LogP contribution in [0.3, 0.4) is 0 Å². The van der Waals surface area contributed by atoms with Crippen LogP contribution in [0.1, 0.15) is 17.3 Å². The van der Waals surface area contributed by atoms with Gasteiger partial charge >= 0.3 is 0 Å². The highest BCUT2D eigenvalue weighted by molar-refractivity contribution is 5.83. The number of ether oxygens (including phenoxy) is 1. The van der Waals surface area contributed by atoms with Crippen molar-refractivity contribution in [2.45, 2.75) is 13.0 Å². The first-order valence-corrected chi connectivity index (χ1v) is 5.78. The number of carbonyl (C=O) groups is 2. The minimum absolute atomic E-state index is 0.0163. The van der Waals surface area contributed by atoms with Crippen LogP contribution < -0.4 is 10.1 Å². The van der Waals surface area contributed by atoms with Crippen molar-refractivity contribution in [1.29, 1.82) is 0 Å². The smallest absolute Gasteiger partial charge is 0.270 e. The number of non-ortho nitro benzene ring substituents is 1. The highest BCUT2D eigenvalue weighted by atomic mass is 16.6. The van der Waals surface area contributed by atoms with E-state index in [1.165, 1.54) is 25.1 Å². The Bertz CT molecular complexity index is 542. The van der Waals surface area contributed by atoms with Crippen LogP contribution in [-0.2, 0) is 4.79 Å². The summed E-state index contributed by atoms with van der Waals surface area (Å²) in [6, 6.07) is 3.59. The Hall–Kier alpha value is -2.70. The molecule has 0 aliphatic heterocycles. The van der Waals surface area contributed by atoms with E-state index in [2.05, 4.69) is 11.9 Å². The lowest BCUT2D eigenvalue weighted by atomic mass is 10.2. The van der Waals surface area contributed by atoms with E-state index >= 15 is 0 Å². The summed E-state index contributed by atoms with van der Waals surface area (Å²) in [5.41, 5.74) is -0.203. The SMILES string of the molecule is C=CCNC(=O)C(C)Oc1ccc([N+](=O)[O-])cc1C=O. The zero-order chi connectivity index (χ0) is 15.1. The number of carbonyl (C=O) groups excluding carboxylic acids is 2. The van der Waals surface area contributed by atoms with Gasteiger partial charge in [0, 0.05) is 18.7 Å². The van der Waals surface area contributed by atoms with Crippen LogP contribution >= 0.6 is 0 Å². The number of nitro benzene ring substituents is 1. The number of aldehydes is 1. The zero-order valence-corrected chi connectivity index (χ0v) is 10.9. The summed E-state index contributed by atoms with van der Waals surface area (Å²) in [6.45, 7) is 5.27. The first-order valence-electron chi connectivity index (χ1n) is 5.78. The molecule has 20 heavy (non-hydrogen) atoms. The molecule has 0 saturated carbocycles. The topological polar surface area (TPSA) is 98.5 Å². The summed E-state index contributed by atoms with van der Waals surface area (Å²) in [6.07, 6.45) is 1.12. The Morgan fingerprint density at radius 1 is 1.60 bits per heavy atom. The van der Waals surface area contributed by atoms with Gasteiger partial charge < -0.3 is 10.1 Å². The average molecular weight is 278 g/mol. The third-order valence-electron chi connectivity index (χ3n) is 2.42. The molecule has 1 unspecified atom stereocenters. The number of rotatable bonds is 7. The number of nitrogens with one attached hydrogen (secondary N) is 1. The Morgan fingerprint density at radius 3 is 2.85 bits per heavy atom. The summed E-state index contributed by atoms with van der Waals surface area (Å²) >= 11 is 0. The van der Waals surface area contributed by atoms with Crippen LogP contribution in [0.15, 0.2) is 30.9 Å². The summed E-state index contributed by atoms with van der Waals surface area (Å²) in [5, 5.41) is 13.1. The standard InChI is InChI=1S/C13H14N2O5/c1-3-6-14-13(17)9(2)20-12-5-4-11(15(18)19)7-10(12)8-16/h3-5,7-9H,1,6H2,2H3,(H,14,17). The molecule has 0 fully saturated rings. The second-order valence-corrected chi connectivity index (χ2v) is 3.89. The summed E-state index contributed by atoms with van der Waals surface area (Å²) in [4.78, 5) is 32.5. The summed E-state index contributed by atoms with van der Waals surface area (Å²) in [5.74, 6) is -0.257. The first kappa shape index (κ1) is 15.4. The van der Waals surface area contributed by atoms with Gasteiger partial charge in [-0.2, -0.15) is 0 Å². The maximum atomic E-state index is 11.6. The molecule has 0 aliphatic carbocycles. The number of hydrogen-bond donors (Lipinski definition) is 1. The van der Waals surface area contributed by atoms with Crippen LogP contribution in [0.25, 0.3) is 0 Å². The molecule has 7 nitrogen and oxygen atoms in total. The van der Waals surface area contributed by atoms with Crippen LogP contribution in [0, 0.1) is 10.1 Å². The number of amides is 1. The van der Waals surface area contributed by atoms with E-state index in [0.717, 1.165) is 6.07 Å². The molecule has 0 spiro atoms. The molecule has 0 bridgehead atoms. The Kier molecular flexibility index (Phi) is 5.40. The minimum atomic E-state index is -0.838. The highest BCUT2D eigenvalue weighted by Crippen LogP contribution is 2.23. The van der Waals surface area contributed by atoms with E-state index in [1.807, 2.05) is 0 Å². The lowest BCUT2D eigenvalue weighted by molar-refractivity contribution is -0.384. The second kappa shape index (κ2) is 7.03. The highest BCUT2D eigenvalue weighted by Gasteiger charge is 2.17. The molecular weight excluding hydrogens is 264 g/mol. The molecule has 1 aromatic carbocycles. The van der Waals surface area contributed by atoms with Gasteiger partial charge in [0.15, 0.2) is 12.4 Å². The third kappa shape index (κ3) is 3.91. The van der Waals surface area contributed by atoms with Crippen molar-refractivity contribution in [2.24, 2.45) is 0 Å². The van der Waals surface area contributed by atoms with Crippen molar-refractivity contribution in [2.75, 3.05) is 6.54 Å².